The number of nitrogens with zero attached hydrogens (tertiary/aromatic N) is 1. The van der Waals surface area contributed by atoms with Crippen LogP contribution >= 0.6 is 15.9 Å². The summed E-state index contributed by atoms with van der Waals surface area (Å²) < 4.78 is 0.843. The second-order valence-electron chi connectivity index (χ2n) is 5.87. The number of nitrogens with one attached hydrogen (secondary N) is 2. The highest BCUT2D eigenvalue weighted by Gasteiger charge is 2.07. The molecule has 2 amide bonds. The van der Waals surface area contributed by atoms with Crippen molar-refractivity contribution in [3.8, 4) is 0 Å². The quantitative estimate of drug-likeness (QED) is 0.743. The number of hydrogen-bond donors (Lipinski definition) is 2. The van der Waals surface area contributed by atoms with Gasteiger partial charge >= 0.3 is 0 Å². The van der Waals surface area contributed by atoms with E-state index in [-0.39, 0.29) is 18.4 Å². The summed E-state index contributed by atoms with van der Waals surface area (Å²) >= 11 is 3.40. The van der Waals surface area contributed by atoms with Crippen LogP contribution in [0.25, 0.3) is 0 Å². The molecule has 0 aliphatic rings. The number of carbonyl (C=O) groups is 2. The lowest BCUT2D eigenvalue weighted by atomic mass is 10.1. The minimum Gasteiger partial charge on any atom is -0.376 e. The summed E-state index contributed by atoms with van der Waals surface area (Å²) in [7, 11) is 3.51. The van der Waals surface area contributed by atoms with E-state index in [0.29, 0.717) is 12.8 Å². The fraction of sp³-hybridized carbons (Fsp3) is 0.263. The predicted octanol–water partition coefficient (Wildman–Crippen LogP) is 3.52. The molecule has 0 spiro atoms. The van der Waals surface area contributed by atoms with Crippen molar-refractivity contribution in [2.24, 2.45) is 0 Å². The summed E-state index contributed by atoms with van der Waals surface area (Å²) in [5, 5.41) is 5.96. The van der Waals surface area contributed by atoms with Gasteiger partial charge in [0.1, 0.15) is 0 Å². The highest BCUT2D eigenvalue weighted by Crippen LogP contribution is 2.21. The molecule has 0 fully saturated rings. The van der Waals surface area contributed by atoms with Crippen LogP contribution in [0, 0.1) is 0 Å². The zero-order chi connectivity index (χ0) is 18.2. The van der Waals surface area contributed by atoms with Crippen LogP contribution in [0.1, 0.15) is 12.0 Å². The fourth-order valence-corrected chi connectivity index (χ4v) is 2.63. The normalized spacial score (nSPS) is 10.2. The van der Waals surface area contributed by atoms with Crippen LogP contribution in [-0.2, 0) is 16.0 Å². The maximum atomic E-state index is 12.1. The number of aryl methyl sites for hydroxylation is 1. The number of halogens is 1. The van der Waals surface area contributed by atoms with E-state index in [1.54, 1.807) is 19.0 Å². The predicted molar refractivity (Wildman–Crippen MR) is 105 cm³/mol. The van der Waals surface area contributed by atoms with E-state index in [2.05, 4.69) is 26.6 Å². The molecule has 0 aromatic heterocycles. The molecule has 0 aliphatic carbocycles. The van der Waals surface area contributed by atoms with Gasteiger partial charge in [-0.2, -0.15) is 0 Å². The van der Waals surface area contributed by atoms with Gasteiger partial charge in [-0.15, -0.1) is 0 Å². The number of para-hydroxylation sites is 1. The Morgan fingerprint density at radius 1 is 1.08 bits per heavy atom. The first-order valence-electron chi connectivity index (χ1n) is 8.03. The van der Waals surface area contributed by atoms with Crippen molar-refractivity contribution < 1.29 is 9.59 Å². The van der Waals surface area contributed by atoms with Crippen molar-refractivity contribution in [3.05, 3.63) is 58.6 Å². The van der Waals surface area contributed by atoms with Gasteiger partial charge in [0.15, 0.2) is 0 Å². The molecule has 0 saturated heterocycles. The molecule has 0 atom stereocenters. The van der Waals surface area contributed by atoms with Gasteiger partial charge in [-0.25, -0.2) is 0 Å². The van der Waals surface area contributed by atoms with Crippen LogP contribution < -0.4 is 10.6 Å². The first-order chi connectivity index (χ1) is 12.0. The van der Waals surface area contributed by atoms with Gasteiger partial charge in [0.25, 0.3) is 0 Å². The minimum absolute atomic E-state index is 0.103. The molecule has 132 valence electrons. The summed E-state index contributed by atoms with van der Waals surface area (Å²) in [6, 6.07) is 15.2. The average Bonchev–Trinajstić information content (AvgIpc) is 2.60. The Kier molecular flexibility index (Phi) is 7.01. The van der Waals surface area contributed by atoms with Crippen molar-refractivity contribution in [1.82, 2.24) is 4.90 Å². The Bertz CT molecular complexity index is 747. The molecule has 0 radical (unpaired) electrons. The molecule has 0 saturated carbocycles. The summed E-state index contributed by atoms with van der Waals surface area (Å²) in [6.07, 6.45) is 1.15. The minimum atomic E-state index is -0.125. The first-order valence-corrected chi connectivity index (χ1v) is 8.82. The van der Waals surface area contributed by atoms with Crippen LogP contribution in [0.15, 0.2) is 53.0 Å². The van der Waals surface area contributed by atoms with Gasteiger partial charge in [-0.1, -0.05) is 24.3 Å². The Morgan fingerprint density at radius 3 is 2.56 bits per heavy atom. The number of benzene rings is 2. The third-order valence-corrected chi connectivity index (χ3v) is 4.35. The highest BCUT2D eigenvalue weighted by molar-refractivity contribution is 9.10. The van der Waals surface area contributed by atoms with Crippen LogP contribution in [-0.4, -0.2) is 37.4 Å². The van der Waals surface area contributed by atoms with Gasteiger partial charge in [-0.3, -0.25) is 9.59 Å². The number of anilines is 2. The Labute approximate surface area is 156 Å². The third kappa shape index (κ3) is 6.23. The molecule has 2 N–H and O–H groups in total. The van der Waals surface area contributed by atoms with Crippen LogP contribution in [0.4, 0.5) is 11.4 Å². The SMILES string of the molecule is CN(C)C(=O)CCc1cccc(NCC(=O)Nc2ccccc2Br)c1. The van der Waals surface area contributed by atoms with Crippen LogP contribution in [0.3, 0.4) is 0 Å². The summed E-state index contributed by atoms with van der Waals surface area (Å²) in [6.45, 7) is 0.168. The molecule has 0 heterocycles. The Morgan fingerprint density at radius 2 is 1.84 bits per heavy atom. The van der Waals surface area contributed by atoms with Gasteiger partial charge < -0.3 is 15.5 Å². The smallest absolute Gasteiger partial charge is 0.243 e. The van der Waals surface area contributed by atoms with Crippen LogP contribution in [0.2, 0.25) is 0 Å². The second kappa shape index (κ2) is 9.22. The Hall–Kier alpha value is -2.34. The molecule has 0 bridgehead atoms. The topological polar surface area (TPSA) is 61.4 Å². The summed E-state index contributed by atoms with van der Waals surface area (Å²) in [4.78, 5) is 25.3. The molecular formula is C19H22BrN3O2. The van der Waals surface area contributed by atoms with Crippen molar-refractivity contribution in [1.29, 1.82) is 0 Å². The molecule has 2 rings (SSSR count). The number of amides is 2. The molecule has 5 nitrogen and oxygen atoms in total. The van der Waals surface area contributed by atoms with E-state index >= 15 is 0 Å². The summed E-state index contributed by atoms with van der Waals surface area (Å²) in [5.74, 6) is -0.0220. The van der Waals surface area contributed by atoms with Gasteiger partial charge in [0.05, 0.1) is 12.2 Å². The lowest BCUT2D eigenvalue weighted by Gasteiger charge is -2.11. The van der Waals surface area contributed by atoms with Gasteiger partial charge in [0, 0.05) is 30.7 Å². The van der Waals surface area contributed by atoms with E-state index in [9.17, 15) is 9.59 Å². The van der Waals surface area contributed by atoms with Gasteiger partial charge in [0.2, 0.25) is 11.8 Å². The lowest BCUT2D eigenvalue weighted by Crippen LogP contribution is -2.22. The maximum Gasteiger partial charge on any atom is 0.243 e. The first kappa shape index (κ1) is 19.0. The molecule has 25 heavy (non-hydrogen) atoms. The third-order valence-electron chi connectivity index (χ3n) is 3.65. The zero-order valence-electron chi connectivity index (χ0n) is 14.4. The van der Waals surface area contributed by atoms with Crippen molar-refractivity contribution in [2.75, 3.05) is 31.3 Å². The fourth-order valence-electron chi connectivity index (χ4n) is 2.25. The van der Waals surface area contributed by atoms with E-state index in [4.69, 9.17) is 0 Å². The maximum absolute atomic E-state index is 12.1. The molecule has 2 aromatic carbocycles. The second-order valence-corrected chi connectivity index (χ2v) is 6.72. The summed E-state index contributed by atoms with van der Waals surface area (Å²) in [5.41, 5.74) is 2.66. The molecular weight excluding hydrogens is 382 g/mol. The Balaban J connectivity index is 1.86. The van der Waals surface area contributed by atoms with Crippen LogP contribution in [0.5, 0.6) is 0 Å². The van der Waals surface area contributed by atoms with E-state index in [1.807, 2.05) is 48.5 Å². The van der Waals surface area contributed by atoms with E-state index in [1.165, 1.54) is 0 Å². The molecule has 0 unspecified atom stereocenters. The largest absolute Gasteiger partial charge is 0.376 e. The molecule has 6 heteroatoms. The zero-order valence-corrected chi connectivity index (χ0v) is 16.0. The molecule has 2 aromatic rings. The monoisotopic (exact) mass is 403 g/mol. The lowest BCUT2D eigenvalue weighted by molar-refractivity contribution is -0.128. The van der Waals surface area contributed by atoms with Gasteiger partial charge in [-0.05, 0) is 52.2 Å². The van der Waals surface area contributed by atoms with E-state index in [0.717, 1.165) is 21.4 Å². The van der Waals surface area contributed by atoms with Crippen molar-refractivity contribution >= 4 is 39.1 Å². The number of hydrogen-bond acceptors (Lipinski definition) is 3. The number of rotatable bonds is 7. The van der Waals surface area contributed by atoms with E-state index < -0.39 is 0 Å². The standard InChI is InChI=1S/C19H22BrN3O2/c1-23(2)19(25)11-10-14-6-5-7-15(12-14)21-13-18(24)22-17-9-4-3-8-16(17)20/h3-9,12,21H,10-11,13H2,1-2H3,(H,22,24). The van der Waals surface area contributed by atoms with Crippen molar-refractivity contribution in [3.63, 3.8) is 0 Å². The molecule has 0 aliphatic heterocycles. The average molecular weight is 404 g/mol. The highest BCUT2D eigenvalue weighted by atomic mass is 79.9. The van der Waals surface area contributed by atoms with Crippen molar-refractivity contribution in [2.45, 2.75) is 12.8 Å². The number of carbonyl (C=O) groups excluding carboxylic acids is 2.